The average Bonchev–Trinajstić information content (AvgIpc) is 2.75. The smallest absolute Gasteiger partial charge is 0.261 e. The first-order valence-corrected chi connectivity index (χ1v) is 12.4. The lowest BCUT2D eigenvalue weighted by Crippen LogP contribution is -2.50. The molecule has 2 rings (SSSR count). The van der Waals surface area contributed by atoms with Crippen LogP contribution in [0.4, 0.5) is 0 Å². The van der Waals surface area contributed by atoms with E-state index >= 15 is 0 Å². The number of hydrogen-bond donors (Lipinski definition) is 1. The van der Waals surface area contributed by atoms with Gasteiger partial charge in [-0.05, 0) is 64.4 Å². The number of nitrogens with one attached hydrogen (secondary N) is 1. The molecular weight excluding hydrogens is 480 g/mol. The quantitative estimate of drug-likeness (QED) is 0.436. The molecule has 0 saturated carbocycles. The lowest BCUT2D eigenvalue weighted by molar-refractivity contribution is -0.143. The van der Waals surface area contributed by atoms with Crippen molar-refractivity contribution >= 4 is 27.7 Å². The summed E-state index contributed by atoms with van der Waals surface area (Å²) < 4.78 is 6.70. The van der Waals surface area contributed by atoms with Crippen molar-refractivity contribution in [3.05, 3.63) is 63.6 Å². The SMILES string of the molecule is CCCNC(=O)[C@@H](CC)N(Cc1cccc(C)c1)C(=O)COc1ccc(C(C)(C)C)cc1Br. The Hall–Kier alpha value is -2.34. The van der Waals surface area contributed by atoms with Crippen LogP contribution in [0, 0.1) is 6.92 Å². The molecule has 6 heteroatoms. The van der Waals surface area contributed by atoms with Crippen molar-refractivity contribution in [3.8, 4) is 5.75 Å². The summed E-state index contributed by atoms with van der Waals surface area (Å²) >= 11 is 3.57. The van der Waals surface area contributed by atoms with Gasteiger partial charge in [0.05, 0.1) is 4.47 Å². The largest absolute Gasteiger partial charge is 0.483 e. The number of amides is 2. The summed E-state index contributed by atoms with van der Waals surface area (Å²) in [5.41, 5.74) is 3.29. The number of rotatable bonds is 10. The van der Waals surface area contributed by atoms with Gasteiger partial charge in [-0.3, -0.25) is 9.59 Å². The Morgan fingerprint density at radius 1 is 1.12 bits per heavy atom. The van der Waals surface area contributed by atoms with Crippen molar-refractivity contribution < 1.29 is 14.3 Å². The Morgan fingerprint density at radius 3 is 2.42 bits per heavy atom. The number of benzene rings is 2. The summed E-state index contributed by atoms with van der Waals surface area (Å²) in [5, 5.41) is 2.94. The number of ether oxygens (including phenoxy) is 1. The molecule has 0 radical (unpaired) electrons. The summed E-state index contributed by atoms with van der Waals surface area (Å²) in [6.45, 7) is 13.2. The molecule has 0 saturated heterocycles. The van der Waals surface area contributed by atoms with Crippen molar-refractivity contribution in [1.82, 2.24) is 10.2 Å². The van der Waals surface area contributed by atoms with Crippen LogP contribution >= 0.6 is 15.9 Å². The lowest BCUT2D eigenvalue weighted by Gasteiger charge is -2.30. The minimum atomic E-state index is -0.556. The maximum Gasteiger partial charge on any atom is 0.261 e. The molecule has 33 heavy (non-hydrogen) atoms. The van der Waals surface area contributed by atoms with Crippen molar-refractivity contribution in [1.29, 1.82) is 0 Å². The van der Waals surface area contributed by atoms with E-state index in [1.54, 1.807) is 4.90 Å². The Balaban J connectivity index is 2.22. The van der Waals surface area contributed by atoms with Gasteiger partial charge in [0.1, 0.15) is 11.8 Å². The van der Waals surface area contributed by atoms with Crippen molar-refractivity contribution in [3.63, 3.8) is 0 Å². The van der Waals surface area contributed by atoms with Crippen molar-refractivity contribution in [2.45, 2.75) is 72.4 Å². The second kappa shape index (κ2) is 12.2. The Morgan fingerprint density at radius 2 is 1.85 bits per heavy atom. The average molecular weight is 518 g/mol. The predicted octanol–water partition coefficient (Wildman–Crippen LogP) is 5.77. The molecule has 5 nitrogen and oxygen atoms in total. The second-order valence-electron chi connectivity index (χ2n) is 9.41. The van der Waals surface area contributed by atoms with E-state index in [0.717, 1.165) is 22.0 Å². The monoisotopic (exact) mass is 516 g/mol. The molecule has 0 bridgehead atoms. The summed E-state index contributed by atoms with van der Waals surface area (Å²) in [6, 6.07) is 13.4. The molecule has 2 aromatic rings. The van der Waals surface area contributed by atoms with Gasteiger partial charge in [-0.25, -0.2) is 0 Å². The fourth-order valence-corrected chi connectivity index (χ4v) is 4.09. The fourth-order valence-electron chi connectivity index (χ4n) is 3.60. The Labute approximate surface area is 207 Å². The third kappa shape index (κ3) is 7.88. The van der Waals surface area contributed by atoms with Crippen LogP contribution < -0.4 is 10.1 Å². The zero-order valence-electron chi connectivity index (χ0n) is 20.7. The van der Waals surface area contributed by atoms with Gasteiger partial charge in [-0.15, -0.1) is 0 Å². The van der Waals surface area contributed by atoms with E-state index in [1.165, 1.54) is 5.56 Å². The number of nitrogens with zero attached hydrogens (tertiary/aromatic N) is 1. The van der Waals surface area contributed by atoms with Gasteiger partial charge in [0.25, 0.3) is 5.91 Å². The van der Waals surface area contributed by atoms with Crippen LogP contribution in [0.1, 0.15) is 64.2 Å². The highest BCUT2D eigenvalue weighted by Crippen LogP contribution is 2.31. The zero-order valence-corrected chi connectivity index (χ0v) is 22.3. The zero-order chi connectivity index (χ0) is 24.6. The van der Waals surface area contributed by atoms with Crippen molar-refractivity contribution in [2.24, 2.45) is 0 Å². The molecule has 0 aliphatic rings. The van der Waals surface area contributed by atoms with Gasteiger partial charge in [0, 0.05) is 13.1 Å². The van der Waals surface area contributed by atoms with E-state index in [0.29, 0.717) is 25.3 Å². The summed E-state index contributed by atoms with van der Waals surface area (Å²) in [5.74, 6) is 0.258. The summed E-state index contributed by atoms with van der Waals surface area (Å²) in [7, 11) is 0. The first-order chi connectivity index (χ1) is 15.6. The van der Waals surface area contributed by atoms with E-state index in [-0.39, 0.29) is 23.8 Å². The van der Waals surface area contributed by atoms with E-state index in [9.17, 15) is 9.59 Å². The molecular formula is C27H37BrN2O3. The highest BCUT2D eigenvalue weighted by Gasteiger charge is 2.29. The molecule has 0 aliphatic heterocycles. The molecule has 0 aromatic heterocycles. The Kier molecular flexibility index (Phi) is 9.96. The molecule has 1 atom stereocenters. The molecule has 0 spiro atoms. The van der Waals surface area contributed by atoms with Crippen LogP contribution in [0.25, 0.3) is 0 Å². The number of hydrogen-bond acceptors (Lipinski definition) is 3. The standard InChI is InChI=1S/C27H37BrN2O3/c1-7-14-29-26(32)23(8-2)30(17-20-11-9-10-19(3)15-20)25(31)18-33-24-13-12-21(16-22(24)28)27(4,5)6/h9-13,15-16,23H,7-8,14,17-18H2,1-6H3,(H,29,32)/t23-/m1/s1. The van der Waals surface area contributed by atoms with E-state index < -0.39 is 6.04 Å². The van der Waals surface area contributed by atoms with Crippen molar-refractivity contribution in [2.75, 3.05) is 13.2 Å². The van der Waals surface area contributed by atoms with E-state index in [2.05, 4.69) is 42.0 Å². The summed E-state index contributed by atoms with van der Waals surface area (Å²) in [4.78, 5) is 27.8. The van der Waals surface area contributed by atoms with Crippen LogP contribution in [0.15, 0.2) is 46.9 Å². The van der Waals surface area contributed by atoms with E-state index in [1.807, 2.05) is 63.2 Å². The normalized spacial score (nSPS) is 12.2. The van der Waals surface area contributed by atoms with E-state index in [4.69, 9.17) is 4.74 Å². The molecule has 0 unspecified atom stereocenters. The Bertz CT molecular complexity index is 953. The molecule has 1 N–H and O–H groups in total. The van der Waals surface area contributed by atoms with Crippen LogP contribution in [-0.2, 0) is 21.5 Å². The minimum absolute atomic E-state index is 0.0156. The van der Waals surface area contributed by atoms with Gasteiger partial charge in [0.2, 0.25) is 5.91 Å². The van der Waals surface area contributed by atoms with Crippen LogP contribution in [-0.4, -0.2) is 35.9 Å². The molecule has 0 fully saturated rings. The highest BCUT2D eigenvalue weighted by atomic mass is 79.9. The molecule has 2 amide bonds. The first-order valence-electron chi connectivity index (χ1n) is 11.6. The minimum Gasteiger partial charge on any atom is -0.483 e. The van der Waals surface area contributed by atoms with Crippen LogP contribution in [0.3, 0.4) is 0 Å². The maximum absolute atomic E-state index is 13.3. The topological polar surface area (TPSA) is 58.6 Å². The van der Waals surface area contributed by atoms with Crippen LogP contribution in [0.2, 0.25) is 0 Å². The third-order valence-electron chi connectivity index (χ3n) is 5.52. The van der Waals surface area contributed by atoms with Gasteiger partial charge in [-0.1, -0.05) is 70.5 Å². The number of halogens is 1. The number of aryl methyl sites for hydroxylation is 1. The van der Waals surface area contributed by atoms with Gasteiger partial charge < -0.3 is 15.0 Å². The lowest BCUT2D eigenvalue weighted by atomic mass is 9.87. The molecule has 0 heterocycles. The fraction of sp³-hybridized carbons (Fsp3) is 0.481. The molecule has 180 valence electrons. The highest BCUT2D eigenvalue weighted by molar-refractivity contribution is 9.10. The van der Waals surface area contributed by atoms with Gasteiger partial charge >= 0.3 is 0 Å². The number of carbonyl (C=O) groups excluding carboxylic acids is 2. The van der Waals surface area contributed by atoms with Gasteiger partial charge in [0.15, 0.2) is 6.61 Å². The summed E-state index contributed by atoms with van der Waals surface area (Å²) in [6.07, 6.45) is 1.37. The second-order valence-corrected chi connectivity index (χ2v) is 10.3. The first kappa shape index (κ1) is 26.9. The predicted molar refractivity (Wildman–Crippen MR) is 137 cm³/mol. The van der Waals surface area contributed by atoms with Gasteiger partial charge in [-0.2, -0.15) is 0 Å². The maximum atomic E-state index is 13.3. The van der Waals surface area contributed by atoms with Crippen LogP contribution in [0.5, 0.6) is 5.75 Å². The molecule has 0 aliphatic carbocycles. The number of carbonyl (C=O) groups is 2. The molecule has 2 aromatic carbocycles. The third-order valence-corrected chi connectivity index (χ3v) is 6.14.